The van der Waals surface area contributed by atoms with Gasteiger partial charge in [0.1, 0.15) is 15.5 Å². The second kappa shape index (κ2) is 9.19. The molecule has 4 heterocycles. The fourth-order valence-electron chi connectivity index (χ4n) is 4.99. The molecule has 6 rings (SSSR count). The molecule has 190 valence electrons. The molecule has 2 aromatic heterocycles. The molecule has 1 aromatic carbocycles. The number of amides is 4. The van der Waals surface area contributed by atoms with Crippen molar-refractivity contribution in [3.8, 4) is 5.75 Å². The van der Waals surface area contributed by atoms with E-state index in [1.165, 1.54) is 17.4 Å². The zero-order valence-electron chi connectivity index (χ0n) is 20.5. The summed E-state index contributed by atoms with van der Waals surface area (Å²) in [7, 11) is 0. The van der Waals surface area contributed by atoms with Crippen LogP contribution in [-0.2, 0) is 4.79 Å². The third-order valence-corrected chi connectivity index (χ3v) is 8.03. The molecule has 9 nitrogen and oxygen atoms in total. The summed E-state index contributed by atoms with van der Waals surface area (Å²) in [4.78, 5) is 47.7. The number of benzene rings is 1. The van der Waals surface area contributed by atoms with Crippen LogP contribution in [-0.4, -0.2) is 53.0 Å². The minimum absolute atomic E-state index is 0.139. The maximum absolute atomic E-state index is 13.4. The van der Waals surface area contributed by atoms with Gasteiger partial charge in [-0.05, 0) is 68.5 Å². The largest absolute Gasteiger partial charge is 0.490 e. The Balaban J connectivity index is 1.30. The number of hydrogen-bond donors (Lipinski definition) is 2. The average molecular weight is 518 g/mol. The summed E-state index contributed by atoms with van der Waals surface area (Å²) in [5.41, 5.74) is 2.80. The molecule has 10 heteroatoms. The first-order chi connectivity index (χ1) is 17.9. The number of likely N-dealkylation sites (tertiary alicyclic amines) is 1. The lowest BCUT2D eigenvalue weighted by atomic mass is 10.1. The zero-order valence-corrected chi connectivity index (χ0v) is 21.3. The van der Waals surface area contributed by atoms with Gasteiger partial charge in [0.05, 0.1) is 28.6 Å². The highest BCUT2D eigenvalue weighted by molar-refractivity contribution is 7.21. The normalized spacial score (nSPS) is 18.9. The molecule has 2 N–H and O–H groups in total. The number of nitrogens with zero attached hydrogens (tertiary/aromatic N) is 3. The molecule has 2 fully saturated rings. The quantitative estimate of drug-likeness (QED) is 0.460. The van der Waals surface area contributed by atoms with Crippen molar-refractivity contribution in [1.29, 1.82) is 0 Å². The lowest BCUT2D eigenvalue weighted by molar-refractivity contribution is -0.127. The smallest absolute Gasteiger partial charge is 0.331 e. The van der Waals surface area contributed by atoms with E-state index in [4.69, 9.17) is 4.74 Å². The molecule has 0 unspecified atom stereocenters. The Morgan fingerprint density at radius 2 is 2.08 bits per heavy atom. The molecule has 1 saturated carbocycles. The van der Waals surface area contributed by atoms with Crippen LogP contribution in [0, 0.1) is 6.92 Å². The van der Waals surface area contributed by atoms with Gasteiger partial charge in [0.25, 0.3) is 5.91 Å². The van der Waals surface area contributed by atoms with Gasteiger partial charge in [-0.1, -0.05) is 6.58 Å². The van der Waals surface area contributed by atoms with Crippen molar-refractivity contribution >= 4 is 56.5 Å². The van der Waals surface area contributed by atoms with Crippen molar-refractivity contribution in [1.82, 2.24) is 15.2 Å². The van der Waals surface area contributed by atoms with Gasteiger partial charge < -0.3 is 20.3 Å². The molecule has 3 aliphatic rings. The number of aromatic nitrogens is 1. The maximum atomic E-state index is 13.4. The number of aryl methyl sites for hydroxylation is 1. The second-order valence-electron chi connectivity index (χ2n) is 9.65. The van der Waals surface area contributed by atoms with Crippen LogP contribution in [0.1, 0.15) is 40.9 Å². The van der Waals surface area contributed by atoms with E-state index in [0.717, 1.165) is 48.1 Å². The summed E-state index contributed by atoms with van der Waals surface area (Å²) in [5.74, 6) is 0.375. The van der Waals surface area contributed by atoms with Crippen molar-refractivity contribution in [2.24, 2.45) is 0 Å². The Bertz CT molecular complexity index is 1450. The first kappa shape index (κ1) is 23.5. The fraction of sp³-hybridized carbons (Fsp3) is 0.333. The van der Waals surface area contributed by atoms with Crippen molar-refractivity contribution in [2.75, 3.05) is 23.3 Å². The lowest BCUT2D eigenvalue weighted by Crippen LogP contribution is -2.49. The van der Waals surface area contributed by atoms with E-state index in [9.17, 15) is 14.4 Å². The lowest BCUT2D eigenvalue weighted by Gasteiger charge is -2.32. The molecule has 0 radical (unpaired) electrons. The SMILES string of the molecule is C=CC(=O)N1CCC[C@@H](NC(=O)c2sc3nccc4c3c2NC(=O)N4c2ccc(OC3CC3)cc2C)C1. The van der Waals surface area contributed by atoms with Crippen LogP contribution in [0.15, 0.2) is 43.1 Å². The Morgan fingerprint density at radius 3 is 2.84 bits per heavy atom. The van der Waals surface area contributed by atoms with Crippen LogP contribution < -0.4 is 20.3 Å². The van der Waals surface area contributed by atoms with Crippen LogP contribution in [0.5, 0.6) is 5.75 Å². The standard InChI is InChI=1S/C27H27N5O4S/c1-3-21(33)31-12-4-5-16(14-31)29-25(34)24-23-22-20(10-11-28-26(22)37-24)32(27(35)30-23)19-9-8-18(13-15(19)2)36-17-6-7-17/h3,8-11,13,16-17H,1,4-7,12,14H2,2H3,(H,29,34)(H,30,35)/t16-/m1/s1. The molecule has 1 saturated heterocycles. The van der Waals surface area contributed by atoms with Gasteiger partial charge >= 0.3 is 6.03 Å². The minimum atomic E-state index is -0.341. The topological polar surface area (TPSA) is 104 Å². The summed E-state index contributed by atoms with van der Waals surface area (Å²) in [6, 6.07) is 7.01. The number of urea groups is 1. The van der Waals surface area contributed by atoms with Crippen LogP contribution in [0.25, 0.3) is 10.2 Å². The third-order valence-electron chi connectivity index (χ3n) is 6.93. The number of thiophene rings is 1. The second-order valence-corrected chi connectivity index (χ2v) is 10.6. The van der Waals surface area contributed by atoms with Gasteiger partial charge in [-0.25, -0.2) is 9.78 Å². The van der Waals surface area contributed by atoms with E-state index in [1.54, 1.807) is 22.1 Å². The highest BCUT2D eigenvalue weighted by Crippen LogP contribution is 2.46. The summed E-state index contributed by atoms with van der Waals surface area (Å²) in [6.45, 7) is 6.59. The molecule has 0 spiro atoms. The van der Waals surface area contributed by atoms with Crippen LogP contribution >= 0.6 is 11.3 Å². The van der Waals surface area contributed by atoms with Crippen molar-refractivity contribution in [3.05, 3.63) is 53.6 Å². The summed E-state index contributed by atoms with van der Waals surface area (Å²) in [5, 5.41) is 6.74. The number of rotatable bonds is 6. The monoisotopic (exact) mass is 517 g/mol. The van der Waals surface area contributed by atoms with Gasteiger partial charge in [0.15, 0.2) is 0 Å². The summed E-state index contributed by atoms with van der Waals surface area (Å²) in [6.07, 6.45) is 6.97. The summed E-state index contributed by atoms with van der Waals surface area (Å²) >= 11 is 1.25. The van der Waals surface area contributed by atoms with Gasteiger partial charge in [-0.3, -0.25) is 14.5 Å². The Morgan fingerprint density at radius 1 is 1.24 bits per heavy atom. The molecular weight excluding hydrogens is 490 g/mol. The van der Waals surface area contributed by atoms with Crippen molar-refractivity contribution < 1.29 is 19.1 Å². The van der Waals surface area contributed by atoms with E-state index in [-0.39, 0.29) is 23.9 Å². The summed E-state index contributed by atoms with van der Waals surface area (Å²) < 4.78 is 5.91. The minimum Gasteiger partial charge on any atom is -0.490 e. The van der Waals surface area contributed by atoms with E-state index in [1.807, 2.05) is 25.1 Å². The van der Waals surface area contributed by atoms with Crippen LogP contribution in [0.3, 0.4) is 0 Å². The van der Waals surface area contributed by atoms with E-state index in [2.05, 4.69) is 22.2 Å². The third kappa shape index (κ3) is 4.31. The predicted molar refractivity (Wildman–Crippen MR) is 143 cm³/mol. The number of ether oxygens (including phenoxy) is 1. The Hall–Kier alpha value is -3.92. The van der Waals surface area contributed by atoms with Crippen molar-refractivity contribution in [3.63, 3.8) is 0 Å². The molecule has 0 bridgehead atoms. The highest BCUT2D eigenvalue weighted by atomic mass is 32.1. The van der Waals surface area contributed by atoms with Crippen molar-refractivity contribution in [2.45, 2.75) is 44.8 Å². The molecule has 2 aliphatic heterocycles. The Kier molecular flexibility index (Phi) is 5.83. The molecule has 37 heavy (non-hydrogen) atoms. The molecular formula is C27H27N5O4S. The predicted octanol–water partition coefficient (Wildman–Crippen LogP) is 4.74. The molecule has 1 aliphatic carbocycles. The Labute approximate surface area is 218 Å². The zero-order chi connectivity index (χ0) is 25.7. The molecule has 3 aromatic rings. The average Bonchev–Trinajstić information content (AvgIpc) is 3.63. The van der Waals surface area contributed by atoms with E-state index in [0.29, 0.717) is 40.3 Å². The van der Waals surface area contributed by atoms with Crippen LogP contribution in [0.2, 0.25) is 0 Å². The van der Waals surface area contributed by atoms with E-state index < -0.39 is 0 Å². The molecule has 1 atom stereocenters. The number of nitrogens with one attached hydrogen (secondary N) is 2. The highest BCUT2D eigenvalue weighted by Gasteiger charge is 2.34. The van der Waals surface area contributed by atoms with Gasteiger partial charge in [-0.15, -0.1) is 11.3 Å². The number of carbonyl (C=O) groups is 3. The first-order valence-corrected chi connectivity index (χ1v) is 13.3. The number of carbonyl (C=O) groups excluding carboxylic acids is 3. The maximum Gasteiger partial charge on any atom is 0.331 e. The number of anilines is 3. The van der Waals surface area contributed by atoms with Gasteiger partial charge in [0.2, 0.25) is 5.91 Å². The number of piperidine rings is 1. The van der Waals surface area contributed by atoms with Gasteiger partial charge in [-0.2, -0.15) is 0 Å². The fourth-order valence-corrected chi connectivity index (χ4v) is 6.01. The van der Waals surface area contributed by atoms with Gasteiger partial charge in [0, 0.05) is 25.3 Å². The molecule has 4 amide bonds. The number of pyridine rings is 1. The van der Waals surface area contributed by atoms with E-state index >= 15 is 0 Å². The van der Waals surface area contributed by atoms with Crippen LogP contribution in [0.4, 0.5) is 21.9 Å². The number of hydrogen-bond acceptors (Lipinski definition) is 6. The first-order valence-electron chi connectivity index (χ1n) is 12.4.